The maximum absolute atomic E-state index is 11.3. The Morgan fingerprint density at radius 2 is 1.87 bits per heavy atom. The fourth-order valence-electron chi connectivity index (χ4n) is 1.69. The summed E-state index contributed by atoms with van der Waals surface area (Å²) in [5.41, 5.74) is 4.70. The molecule has 1 aliphatic carbocycles. The third kappa shape index (κ3) is 4.01. The molecule has 1 aliphatic rings. The lowest BCUT2D eigenvalue weighted by molar-refractivity contribution is -0.133. The van der Waals surface area contributed by atoms with Crippen molar-refractivity contribution in [1.82, 2.24) is 5.32 Å². The first-order chi connectivity index (χ1) is 7.09. The molecule has 0 spiro atoms. The molecule has 0 heterocycles. The van der Waals surface area contributed by atoms with E-state index < -0.39 is 17.6 Å². The van der Waals surface area contributed by atoms with E-state index in [0.717, 1.165) is 31.8 Å². The number of hydrogen-bond donors (Lipinski definition) is 3. The molecule has 0 aromatic heterocycles. The first kappa shape index (κ1) is 11.6. The van der Waals surface area contributed by atoms with E-state index in [4.69, 9.17) is 10.8 Å². The lowest BCUT2D eigenvalue weighted by atomic mass is 9.95. The van der Waals surface area contributed by atoms with Gasteiger partial charge < -0.3 is 16.2 Å². The summed E-state index contributed by atoms with van der Waals surface area (Å²) in [5, 5.41) is 11.2. The Bertz CT molecular complexity index is 280. The van der Waals surface area contributed by atoms with Crippen LogP contribution in [0.15, 0.2) is 11.8 Å². The molecule has 1 rings (SSSR count). The average molecular weight is 212 g/mol. The quantitative estimate of drug-likeness (QED) is 0.589. The molecule has 5 heteroatoms. The second-order valence-corrected chi connectivity index (χ2v) is 3.75. The van der Waals surface area contributed by atoms with Gasteiger partial charge in [0.05, 0.1) is 0 Å². The Hall–Kier alpha value is -1.52. The molecule has 15 heavy (non-hydrogen) atoms. The van der Waals surface area contributed by atoms with Gasteiger partial charge in [-0.1, -0.05) is 19.3 Å². The molecule has 0 bridgehead atoms. The SMILES string of the molecule is N/C(=C/C(=O)NC1CCCCC1)C(=O)O. The van der Waals surface area contributed by atoms with E-state index in [1.54, 1.807) is 0 Å². The van der Waals surface area contributed by atoms with Crippen molar-refractivity contribution >= 4 is 11.9 Å². The van der Waals surface area contributed by atoms with Crippen molar-refractivity contribution in [3.8, 4) is 0 Å². The number of nitrogens with one attached hydrogen (secondary N) is 1. The number of hydrogen-bond acceptors (Lipinski definition) is 3. The van der Waals surface area contributed by atoms with Gasteiger partial charge in [0, 0.05) is 12.1 Å². The van der Waals surface area contributed by atoms with Gasteiger partial charge in [-0.05, 0) is 12.8 Å². The van der Waals surface area contributed by atoms with E-state index in [9.17, 15) is 9.59 Å². The second-order valence-electron chi connectivity index (χ2n) is 3.75. The minimum Gasteiger partial charge on any atom is -0.477 e. The van der Waals surface area contributed by atoms with Crippen molar-refractivity contribution in [2.24, 2.45) is 5.73 Å². The standard InChI is InChI=1S/C10H16N2O3/c11-8(10(14)15)6-9(13)12-7-4-2-1-3-5-7/h6-7H,1-5,11H2,(H,12,13)(H,14,15)/b8-6+. The minimum absolute atomic E-state index is 0.170. The van der Waals surface area contributed by atoms with Crippen molar-refractivity contribution in [2.75, 3.05) is 0 Å². The molecule has 1 fully saturated rings. The molecule has 0 aliphatic heterocycles. The van der Waals surface area contributed by atoms with Gasteiger partial charge in [-0.25, -0.2) is 4.79 Å². The second kappa shape index (κ2) is 5.38. The predicted molar refractivity (Wildman–Crippen MR) is 54.9 cm³/mol. The van der Waals surface area contributed by atoms with E-state index >= 15 is 0 Å². The lowest BCUT2D eigenvalue weighted by Gasteiger charge is -2.21. The van der Waals surface area contributed by atoms with Crippen LogP contribution in [0.3, 0.4) is 0 Å². The summed E-state index contributed by atoms with van der Waals surface area (Å²) < 4.78 is 0. The summed E-state index contributed by atoms with van der Waals surface area (Å²) >= 11 is 0. The van der Waals surface area contributed by atoms with Gasteiger partial charge in [0.1, 0.15) is 5.70 Å². The summed E-state index contributed by atoms with van der Waals surface area (Å²) in [5.74, 6) is -1.68. The maximum atomic E-state index is 11.3. The first-order valence-corrected chi connectivity index (χ1v) is 5.10. The third-order valence-corrected chi connectivity index (χ3v) is 2.49. The maximum Gasteiger partial charge on any atom is 0.351 e. The minimum atomic E-state index is -1.27. The zero-order valence-electron chi connectivity index (χ0n) is 8.53. The Balaban J connectivity index is 2.41. The van der Waals surface area contributed by atoms with Crippen LogP contribution in [0.1, 0.15) is 32.1 Å². The third-order valence-electron chi connectivity index (χ3n) is 2.49. The summed E-state index contributed by atoms with van der Waals surface area (Å²) in [7, 11) is 0. The van der Waals surface area contributed by atoms with Crippen LogP contribution >= 0.6 is 0 Å². The van der Waals surface area contributed by atoms with Crippen LogP contribution in [0.25, 0.3) is 0 Å². The van der Waals surface area contributed by atoms with Crippen molar-refractivity contribution in [3.63, 3.8) is 0 Å². The summed E-state index contributed by atoms with van der Waals surface area (Å²) in [6.07, 6.45) is 6.29. The molecule has 5 nitrogen and oxygen atoms in total. The monoisotopic (exact) mass is 212 g/mol. The van der Waals surface area contributed by atoms with Crippen molar-refractivity contribution in [2.45, 2.75) is 38.1 Å². The molecule has 0 atom stereocenters. The average Bonchev–Trinajstić information content (AvgIpc) is 2.18. The van der Waals surface area contributed by atoms with Gasteiger partial charge in [0.15, 0.2) is 0 Å². The fourth-order valence-corrected chi connectivity index (χ4v) is 1.69. The van der Waals surface area contributed by atoms with E-state index in [0.29, 0.717) is 0 Å². The van der Waals surface area contributed by atoms with Gasteiger partial charge in [-0.2, -0.15) is 0 Å². The molecule has 1 amide bonds. The number of aliphatic carboxylic acids is 1. The molecule has 0 aromatic rings. The molecule has 0 unspecified atom stereocenters. The van der Waals surface area contributed by atoms with Crippen LogP contribution in [0, 0.1) is 0 Å². The van der Waals surface area contributed by atoms with Gasteiger partial charge in [0.2, 0.25) is 5.91 Å². The molecular formula is C10H16N2O3. The highest BCUT2D eigenvalue weighted by atomic mass is 16.4. The summed E-state index contributed by atoms with van der Waals surface area (Å²) in [6.45, 7) is 0. The highest BCUT2D eigenvalue weighted by molar-refractivity contribution is 5.97. The van der Waals surface area contributed by atoms with Crippen molar-refractivity contribution < 1.29 is 14.7 Å². The molecular weight excluding hydrogens is 196 g/mol. The number of carbonyl (C=O) groups excluding carboxylic acids is 1. The van der Waals surface area contributed by atoms with E-state index in [1.165, 1.54) is 6.42 Å². The Morgan fingerprint density at radius 1 is 1.27 bits per heavy atom. The Morgan fingerprint density at radius 3 is 2.40 bits per heavy atom. The topological polar surface area (TPSA) is 92.4 Å². The smallest absolute Gasteiger partial charge is 0.351 e. The van der Waals surface area contributed by atoms with E-state index in [2.05, 4.69) is 5.32 Å². The highest BCUT2D eigenvalue weighted by Crippen LogP contribution is 2.17. The Labute approximate surface area is 88.3 Å². The first-order valence-electron chi connectivity index (χ1n) is 5.10. The van der Waals surface area contributed by atoms with E-state index in [-0.39, 0.29) is 6.04 Å². The largest absolute Gasteiger partial charge is 0.477 e. The van der Waals surface area contributed by atoms with Crippen LogP contribution in [-0.2, 0) is 9.59 Å². The number of carboxylic acids is 1. The lowest BCUT2D eigenvalue weighted by Crippen LogP contribution is -2.35. The van der Waals surface area contributed by atoms with Crippen molar-refractivity contribution in [3.05, 3.63) is 11.8 Å². The van der Waals surface area contributed by atoms with Crippen molar-refractivity contribution in [1.29, 1.82) is 0 Å². The molecule has 0 radical (unpaired) electrons. The summed E-state index contributed by atoms with van der Waals surface area (Å²) in [4.78, 5) is 21.6. The normalized spacial score (nSPS) is 18.5. The Kier molecular flexibility index (Phi) is 4.15. The molecule has 4 N–H and O–H groups in total. The van der Waals surface area contributed by atoms with E-state index in [1.807, 2.05) is 0 Å². The molecule has 84 valence electrons. The number of rotatable bonds is 3. The van der Waals surface area contributed by atoms with Crippen LogP contribution in [0.5, 0.6) is 0 Å². The number of carboxylic acid groups (broad SMARTS) is 1. The number of carbonyl (C=O) groups is 2. The molecule has 1 saturated carbocycles. The highest BCUT2D eigenvalue weighted by Gasteiger charge is 2.15. The van der Waals surface area contributed by atoms with Crippen LogP contribution in [0.2, 0.25) is 0 Å². The molecule has 0 saturated heterocycles. The van der Waals surface area contributed by atoms with Gasteiger partial charge >= 0.3 is 5.97 Å². The number of amides is 1. The fraction of sp³-hybridized carbons (Fsp3) is 0.600. The molecule has 0 aromatic carbocycles. The zero-order valence-corrected chi connectivity index (χ0v) is 8.53. The summed E-state index contributed by atoms with van der Waals surface area (Å²) in [6, 6.07) is 0.170. The zero-order chi connectivity index (χ0) is 11.3. The number of nitrogens with two attached hydrogens (primary N) is 1. The van der Waals surface area contributed by atoms with Gasteiger partial charge in [-0.3, -0.25) is 4.79 Å². The van der Waals surface area contributed by atoms with Gasteiger partial charge in [0.25, 0.3) is 0 Å². The van der Waals surface area contributed by atoms with Crippen LogP contribution < -0.4 is 11.1 Å². The van der Waals surface area contributed by atoms with Crippen LogP contribution in [0.4, 0.5) is 0 Å². The predicted octanol–water partition coefficient (Wildman–Crippen LogP) is 0.362. The van der Waals surface area contributed by atoms with Gasteiger partial charge in [-0.15, -0.1) is 0 Å². The van der Waals surface area contributed by atoms with Crippen LogP contribution in [-0.4, -0.2) is 23.0 Å².